The summed E-state index contributed by atoms with van der Waals surface area (Å²) in [5.74, 6) is 0.313. The van der Waals surface area contributed by atoms with Crippen molar-refractivity contribution in [3.8, 4) is 0 Å². The second kappa shape index (κ2) is 11.8. The molecule has 0 bridgehead atoms. The highest BCUT2D eigenvalue weighted by atomic mass is 35.5. The van der Waals surface area contributed by atoms with Crippen molar-refractivity contribution < 1.29 is 4.79 Å². The zero-order valence-corrected chi connectivity index (χ0v) is 17.2. The van der Waals surface area contributed by atoms with Crippen LogP contribution < -0.4 is 5.32 Å². The number of amides is 1. The lowest BCUT2D eigenvalue weighted by Gasteiger charge is -2.36. The maximum atomic E-state index is 12.4. The molecule has 1 atom stereocenters. The molecule has 1 amide bonds. The van der Waals surface area contributed by atoms with Crippen LogP contribution in [0.2, 0.25) is 0 Å². The lowest BCUT2D eigenvalue weighted by Crippen LogP contribution is -2.53. The Morgan fingerprint density at radius 2 is 1.85 bits per heavy atom. The lowest BCUT2D eigenvalue weighted by molar-refractivity contribution is -0.134. The Kier molecular flexibility index (Phi) is 10.5. The van der Waals surface area contributed by atoms with Crippen LogP contribution in [0.25, 0.3) is 0 Å². The van der Waals surface area contributed by atoms with Gasteiger partial charge in [-0.3, -0.25) is 9.69 Å². The molecule has 0 radical (unpaired) electrons. The Morgan fingerprint density at radius 3 is 2.46 bits per heavy atom. The minimum Gasteiger partial charge on any atom is -0.339 e. The van der Waals surface area contributed by atoms with Crippen molar-refractivity contribution in [2.75, 3.05) is 52.9 Å². The number of benzene rings is 1. The minimum absolute atomic E-state index is 0. The summed E-state index contributed by atoms with van der Waals surface area (Å²) < 4.78 is 0. The van der Waals surface area contributed by atoms with E-state index in [1.54, 1.807) is 0 Å². The normalized spacial score (nSPS) is 20.5. The Balaban J connectivity index is 0.00000169. The van der Waals surface area contributed by atoms with E-state index >= 15 is 0 Å². The van der Waals surface area contributed by atoms with Crippen molar-refractivity contribution in [1.82, 2.24) is 20.0 Å². The van der Waals surface area contributed by atoms with Gasteiger partial charge in [-0.25, -0.2) is 0 Å². The standard InChI is InChI=1S/C19H30N4O.2ClH/c1-21(16-17-6-3-2-4-7-17)10-11-22-12-14-23(15-13-22)19(24)18-8-5-9-20-18;;/h2-4,6-7,18,20H,5,8-16H2,1H3;2*1H. The number of rotatable bonds is 6. The SMILES string of the molecule is CN(CCN1CCN(C(=O)C2CCCN2)CC1)Cc1ccccc1.Cl.Cl. The van der Waals surface area contributed by atoms with Gasteiger partial charge in [-0.2, -0.15) is 0 Å². The average Bonchev–Trinajstić information content (AvgIpc) is 3.15. The number of carbonyl (C=O) groups excluding carboxylic acids is 1. The molecule has 26 heavy (non-hydrogen) atoms. The molecule has 1 unspecified atom stereocenters. The summed E-state index contributed by atoms with van der Waals surface area (Å²) in [7, 11) is 2.18. The van der Waals surface area contributed by atoms with Crippen LogP contribution in [-0.4, -0.2) is 79.5 Å². The monoisotopic (exact) mass is 402 g/mol. The van der Waals surface area contributed by atoms with Gasteiger partial charge in [-0.1, -0.05) is 30.3 Å². The smallest absolute Gasteiger partial charge is 0.239 e. The quantitative estimate of drug-likeness (QED) is 0.787. The van der Waals surface area contributed by atoms with Gasteiger partial charge < -0.3 is 15.1 Å². The van der Waals surface area contributed by atoms with Crippen molar-refractivity contribution in [3.63, 3.8) is 0 Å². The summed E-state index contributed by atoms with van der Waals surface area (Å²) in [6, 6.07) is 10.7. The van der Waals surface area contributed by atoms with Crippen LogP contribution >= 0.6 is 24.8 Å². The van der Waals surface area contributed by atoms with E-state index in [1.807, 2.05) is 4.90 Å². The molecule has 1 aromatic rings. The molecule has 1 N–H and O–H groups in total. The van der Waals surface area contributed by atoms with E-state index in [9.17, 15) is 4.79 Å². The van der Waals surface area contributed by atoms with Crippen LogP contribution in [0.1, 0.15) is 18.4 Å². The fourth-order valence-electron chi connectivity index (χ4n) is 3.59. The lowest BCUT2D eigenvalue weighted by atomic mass is 10.2. The molecule has 0 spiro atoms. The molecule has 0 saturated carbocycles. The van der Waals surface area contributed by atoms with Gasteiger partial charge >= 0.3 is 0 Å². The van der Waals surface area contributed by atoms with Gasteiger partial charge in [0.05, 0.1) is 6.04 Å². The second-order valence-electron chi connectivity index (χ2n) is 7.04. The van der Waals surface area contributed by atoms with E-state index in [2.05, 4.69) is 52.5 Å². The highest BCUT2D eigenvalue weighted by molar-refractivity contribution is 5.85. The van der Waals surface area contributed by atoms with Crippen LogP contribution in [0.3, 0.4) is 0 Å². The molecule has 1 aromatic carbocycles. The first kappa shape index (κ1) is 23.2. The fraction of sp³-hybridized carbons (Fsp3) is 0.632. The summed E-state index contributed by atoms with van der Waals surface area (Å²) in [5.41, 5.74) is 1.36. The predicted molar refractivity (Wildman–Crippen MR) is 111 cm³/mol. The zero-order valence-electron chi connectivity index (χ0n) is 15.6. The van der Waals surface area contributed by atoms with Gasteiger partial charge in [-0.05, 0) is 32.0 Å². The van der Waals surface area contributed by atoms with Crippen LogP contribution in [-0.2, 0) is 11.3 Å². The van der Waals surface area contributed by atoms with Crippen molar-refractivity contribution in [2.24, 2.45) is 0 Å². The fourth-order valence-corrected chi connectivity index (χ4v) is 3.59. The molecule has 7 heteroatoms. The maximum Gasteiger partial charge on any atom is 0.239 e. The molecular formula is C19H32Cl2N4O. The zero-order chi connectivity index (χ0) is 16.8. The summed E-state index contributed by atoms with van der Waals surface area (Å²) in [6.07, 6.45) is 2.13. The van der Waals surface area contributed by atoms with E-state index in [1.165, 1.54) is 5.56 Å². The van der Waals surface area contributed by atoms with Crippen LogP contribution in [0.5, 0.6) is 0 Å². The predicted octanol–water partition coefficient (Wildman–Crippen LogP) is 1.86. The topological polar surface area (TPSA) is 38.8 Å². The van der Waals surface area contributed by atoms with Gasteiger partial charge in [-0.15, -0.1) is 24.8 Å². The summed E-state index contributed by atoms with van der Waals surface area (Å²) in [6.45, 7) is 7.87. The third-order valence-electron chi connectivity index (χ3n) is 5.14. The second-order valence-corrected chi connectivity index (χ2v) is 7.04. The number of likely N-dealkylation sites (N-methyl/N-ethyl adjacent to an activating group) is 1. The number of nitrogens with one attached hydrogen (secondary N) is 1. The Morgan fingerprint density at radius 1 is 1.15 bits per heavy atom. The largest absolute Gasteiger partial charge is 0.339 e. The van der Waals surface area contributed by atoms with Crippen LogP contribution in [0, 0.1) is 0 Å². The molecule has 5 nitrogen and oxygen atoms in total. The number of halogens is 2. The van der Waals surface area contributed by atoms with Gasteiger partial charge in [0.15, 0.2) is 0 Å². The van der Waals surface area contributed by atoms with Crippen molar-refractivity contribution in [2.45, 2.75) is 25.4 Å². The Labute approximate surface area is 169 Å². The van der Waals surface area contributed by atoms with Gasteiger partial charge in [0.1, 0.15) is 0 Å². The first-order valence-corrected chi connectivity index (χ1v) is 9.19. The van der Waals surface area contributed by atoms with Gasteiger partial charge in [0, 0.05) is 45.8 Å². The van der Waals surface area contributed by atoms with Crippen LogP contribution in [0.4, 0.5) is 0 Å². The molecule has 2 aliphatic rings. The van der Waals surface area contributed by atoms with E-state index in [4.69, 9.17) is 0 Å². The molecular weight excluding hydrogens is 371 g/mol. The molecule has 2 aliphatic heterocycles. The number of nitrogens with zero attached hydrogens (tertiary/aromatic N) is 3. The third-order valence-corrected chi connectivity index (χ3v) is 5.14. The summed E-state index contributed by atoms with van der Waals surface area (Å²) in [5, 5.41) is 3.32. The maximum absolute atomic E-state index is 12.4. The molecule has 3 rings (SSSR count). The van der Waals surface area contributed by atoms with E-state index in [-0.39, 0.29) is 30.9 Å². The molecule has 0 aliphatic carbocycles. The highest BCUT2D eigenvalue weighted by Crippen LogP contribution is 2.11. The number of hydrogen-bond acceptors (Lipinski definition) is 4. The average molecular weight is 403 g/mol. The number of piperazine rings is 1. The molecule has 2 heterocycles. The van der Waals surface area contributed by atoms with Crippen LogP contribution in [0.15, 0.2) is 30.3 Å². The van der Waals surface area contributed by atoms with E-state index < -0.39 is 0 Å². The van der Waals surface area contributed by atoms with E-state index in [0.717, 1.165) is 65.2 Å². The molecule has 148 valence electrons. The summed E-state index contributed by atoms with van der Waals surface area (Å²) >= 11 is 0. The number of carbonyl (C=O) groups is 1. The Hall–Kier alpha value is -0.850. The molecule has 2 saturated heterocycles. The molecule has 0 aromatic heterocycles. The van der Waals surface area contributed by atoms with Crippen molar-refractivity contribution >= 4 is 30.7 Å². The highest BCUT2D eigenvalue weighted by Gasteiger charge is 2.28. The Bertz CT molecular complexity index is 518. The van der Waals surface area contributed by atoms with E-state index in [0.29, 0.717) is 5.91 Å². The first-order valence-electron chi connectivity index (χ1n) is 9.19. The van der Waals surface area contributed by atoms with Gasteiger partial charge in [0.2, 0.25) is 5.91 Å². The van der Waals surface area contributed by atoms with Crippen molar-refractivity contribution in [3.05, 3.63) is 35.9 Å². The van der Waals surface area contributed by atoms with Crippen molar-refractivity contribution in [1.29, 1.82) is 0 Å². The van der Waals surface area contributed by atoms with Gasteiger partial charge in [0.25, 0.3) is 0 Å². The summed E-state index contributed by atoms with van der Waals surface area (Å²) in [4.78, 5) is 19.3. The third kappa shape index (κ3) is 6.71. The number of hydrogen-bond donors (Lipinski definition) is 1. The molecule has 2 fully saturated rings. The first-order chi connectivity index (χ1) is 11.7. The minimum atomic E-state index is 0.